The molecule has 31 heavy (non-hydrogen) atoms. The maximum atomic E-state index is 12.9. The van der Waals surface area contributed by atoms with E-state index < -0.39 is 0 Å². The van der Waals surface area contributed by atoms with Gasteiger partial charge in [-0.1, -0.05) is 48.3 Å². The fraction of sp³-hybridized carbons (Fsp3) is 0.455. The monoisotopic (exact) mass is 458 g/mol. The summed E-state index contributed by atoms with van der Waals surface area (Å²) in [5.41, 5.74) is 3.38. The Morgan fingerprint density at radius 1 is 1.23 bits per heavy atom. The summed E-state index contributed by atoms with van der Waals surface area (Å²) in [5, 5.41) is 17.4. The minimum atomic E-state index is -0.345. The first-order valence-electron chi connectivity index (χ1n) is 10.5. The lowest BCUT2D eigenvalue weighted by Gasteiger charge is -2.19. The summed E-state index contributed by atoms with van der Waals surface area (Å²) in [4.78, 5) is 12.9. The van der Waals surface area contributed by atoms with Gasteiger partial charge in [-0.15, -0.1) is 10.2 Å². The standard InChI is InChI=1S/C22H27ClN6OS/c1-13-19(14(2)28(4)27-13)24-21(30)15(3)31-22-26-25-20(17-11-7-8-12-18(17)23)29(22)16-9-5-6-10-16/h7-8,11-12,15-16H,5-6,9-10H2,1-4H3,(H,24,30)/t15-/m1/s1. The first kappa shape index (κ1) is 21.9. The number of carbonyl (C=O) groups excluding carboxylic acids is 1. The number of halogens is 1. The van der Waals surface area contributed by atoms with E-state index in [0.717, 1.165) is 46.5 Å². The molecule has 1 amide bonds. The summed E-state index contributed by atoms with van der Waals surface area (Å²) < 4.78 is 3.96. The van der Waals surface area contributed by atoms with Gasteiger partial charge in [0.15, 0.2) is 11.0 Å². The molecule has 0 saturated heterocycles. The SMILES string of the molecule is Cc1nn(C)c(C)c1NC(=O)[C@@H](C)Sc1nnc(-c2ccccc2Cl)n1C1CCCC1. The minimum absolute atomic E-state index is 0.0792. The van der Waals surface area contributed by atoms with Crippen molar-refractivity contribution in [3.63, 3.8) is 0 Å². The smallest absolute Gasteiger partial charge is 0.237 e. The highest BCUT2D eigenvalue weighted by Gasteiger charge is 2.28. The van der Waals surface area contributed by atoms with Crippen molar-refractivity contribution in [2.45, 2.75) is 62.9 Å². The Morgan fingerprint density at radius 2 is 1.94 bits per heavy atom. The lowest BCUT2D eigenvalue weighted by molar-refractivity contribution is -0.115. The molecule has 1 aliphatic rings. The van der Waals surface area contributed by atoms with Crippen LogP contribution in [0.4, 0.5) is 5.69 Å². The van der Waals surface area contributed by atoms with E-state index in [9.17, 15) is 4.79 Å². The molecule has 0 unspecified atom stereocenters. The molecule has 0 radical (unpaired) electrons. The fourth-order valence-electron chi connectivity index (χ4n) is 4.07. The number of hydrogen-bond acceptors (Lipinski definition) is 5. The molecule has 1 aliphatic carbocycles. The first-order chi connectivity index (χ1) is 14.9. The van der Waals surface area contributed by atoms with E-state index in [2.05, 4.69) is 25.2 Å². The number of anilines is 1. The molecule has 0 aliphatic heterocycles. The number of carbonyl (C=O) groups is 1. The average Bonchev–Trinajstić information content (AvgIpc) is 3.45. The second-order valence-corrected chi connectivity index (χ2v) is 9.73. The van der Waals surface area contributed by atoms with E-state index in [4.69, 9.17) is 11.6 Å². The summed E-state index contributed by atoms with van der Waals surface area (Å²) in [7, 11) is 1.87. The molecular weight excluding hydrogens is 432 g/mol. The van der Waals surface area contributed by atoms with E-state index in [1.807, 2.05) is 52.1 Å². The zero-order valence-corrected chi connectivity index (χ0v) is 19.8. The van der Waals surface area contributed by atoms with Crippen molar-refractivity contribution in [3.8, 4) is 11.4 Å². The van der Waals surface area contributed by atoms with Crippen molar-refractivity contribution in [2.24, 2.45) is 7.05 Å². The molecule has 1 atom stereocenters. The summed E-state index contributed by atoms with van der Waals surface area (Å²) in [6.45, 7) is 5.73. The third-order valence-corrected chi connectivity index (χ3v) is 7.26. The molecule has 3 aromatic rings. The van der Waals surface area contributed by atoms with Gasteiger partial charge in [-0.25, -0.2) is 0 Å². The molecule has 164 valence electrons. The van der Waals surface area contributed by atoms with Crippen molar-refractivity contribution < 1.29 is 4.79 Å². The first-order valence-corrected chi connectivity index (χ1v) is 11.8. The van der Waals surface area contributed by atoms with Crippen LogP contribution in [0.3, 0.4) is 0 Å². The molecule has 1 N–H and O–H groups in total. The molecule has 0 bridgehead atoms. The highest BCUT2D eigenvalue weighted by molar-refractivity contribution is 8.00. The van der Waals surface area contributed by atoms with Crippen LogP contribution in [0.25, 0.3) is 11.4 Å². The third-order valence-electron chi connectivity index (χ3n) is 5.88. The predicted molar refractivity (Wildman–Crippen MR) is 125 cm³/mol. The number of rotatable bonds is 6. The van der Waals surface area contributed by atoms with Gasteiger partial charge in [0.1, 0.15) is 0 Å². The maximum absolute atomic E-state index is 12.9. The van der Waals surface area contributed by atoms with Crippen LogP contribution in [0.1, 0.15) is 50.0 Å². The van der Waals surface area contributed by atoms with Crippen molar-refractivity contribution >= 4 is 35.0 Å². The molecule has 4 rings (SSSR count). The van der Waals surface area contributed by atoms with Gasteiger partial charge < -0.3 is 5.32 Å². The zero-order chi connectivity index (χ0) is 22.1. The van der Waals surface area contributed by atoms with Crippen molar-refractivity contribution in [1.82, 2.24) is 24.5 Å². The molecule has 9 heteroatoms. The van der Waals surface area contributed by atoms with Crippen LogP contribution < -0.4 is 5.32 Å². The van der Waals surface area contributed by atoms with Gasteiger partial charge in [-0.2, -0.15) is 5.10 Å². The van der Waals surface area contributed by atoms with Crippen LogP contribution in [-0.2, 0) is 11.8 Å². The Morgan fingerprint density at radius 3 is 2.58 bits per heavy atom. The normalized spacial score (nSPS) is 15.4. The quantitative estimate of drug-likeness (QED) is 0.514. The van der Waals surface area contributed by atoms with Gasteiger partial charge in [-0.3, -0.25) is 14.0 Å². The summed E-state index contributed by atoms with van der Waals surface area (Å²) >= 11 is 7.90. The number of benzene rings is 1. The fourth-order valence-corrected chi connectivity index (χ4v) is 5.21. The van der Waals surface area contributed by atoms with Crippen LogP contribution in [0.5, 0.6) is 0 Å². The van der Waals surface area contributed by atoms with Crippen LogP contribution in [0.2, 0.25) is 5.02 Å². The van der Waals surface area contributed by atoms with Crippen molar-refractivity contribution in [2.75, 3.05) is 5.32 Å². The van der Waals surface area contributed by atoms with Gasteiger partial charge in [-0.05, 0) is 45.7 Å². The molecule has 0 spiro atoms. The Hall–Kier alpha value is -2.32. The second kappa shape index (κ2) is 9.04. The Balaban J connectivity index is 1.60. The number of hydrogen-bond donors (Lipinski definition) is 1. The van der Waals surface area contributed by atoms with Crippen LogP contribution >= 0.6 is 23.4 Å². The number of nitrogens with zero attached hydrogens (tertiary/aromatic N) is 5. The summed E-state index contributed by atoms with van der Waals surface area (Å²) in [6.07, 6.45) is 4.53. The van der Waals surface area contributed by atoms with Crippen LogP contribution in [-0.4, -0.2) is 35.7 Å². The molecule has 7 nitrogen and oxygen atoms in total. The largest absolute Gasteiger partial charge is 0.322 e. The van der Waals surface area contributed by atoms with E-state index >= 15 is 0 Å². The molecule has 1 fully saturated rings. The molecule has 2 aromatic heterocycles. The van der Waals surface area contributed by atoms with Gasteiger partial charge in [0.05, 0.1) is 27.3 Å². The van der Waals surface area contributed by atoms with Crippen LogP contribution in [0, 0.1) is 13.8 Å². The number of amides is 1. The van der Waals surface area contributed by atoms with Crippen molar-refractivity contribution in [1.29, 1.82) is 0 Å². The van der Waals surface area contributed by atoms with E-state index in [-0.39, 0.29) is 11.2 Å². The Bertz CT molecular complexity index is 1100. The average molecular weight is 459 g/mol. The summed E-state index contributed by atoms with van der Waals surface area (Å²) in [5.74, 6) is 0.691. The van der Waals surface area contributed by atoms with Gasteiger partial charge in [0, 0.05) is 18.7 Å². The topological polar surface area (TPSA) is 77.6 Å². The van der Waals surface area contributed by atoms with Gasteiger partial charge in [0.2, 0.25) is 5.91 Å². The minimum Gasteiger partial charge on any atom is -0.322 e. The lowest BCUT2D eigenvalue weighted by atomic mass is 10.2. The Kier molecular flexibility index (Phi) is 6.39. The number of nitrogens with one attached hydrogen (secondary N) is 1. The van der Waals surface area contributed by atoms with Crippen LogP contribution in [0.15, 0.2) is 29.4 Å². The maximum Gasteiger partial charge on any atom is 0.237 e. The lowest BCUT2D eigenvalue weighted by Crippen LogP contribution is -2.24. The van der Waals surface area contributed by atoms with Gasteiger partial charge in [0.25, 0.3) is 0 Å². The highest BCUT2D eigenvalue weighted by Crippen LogP contribution is 2.39. The molecule has 2 heterocycles. The summed E-state index contributed by atoms with van der Waals surface area (Å²) in [6, 6.07) is 8.02. The molecular formula is C22H27ClN6OS. The van der Waals surface area contributed by atoms with Gasteiger partial charge >= 0.3 is 0 Å². The molecule has 1 saturated carbocycles. The number of aromatic nitrogens is 5. The Labute approximate surface area is 191 Å². The zero-order valence-electron chi connectivity index (χ0n) is 18.2. The van der Waals surface area contributed by atoms with E-state index in [1.54, 1.807) is 4.68 Å². The molecule has 1 aromatic carbocycles. The third kappa shape index (κ3) is 4.36. The number of thioether (sulfide) groups is 1. The second-order valence-electron chi connectivity index (χ2n) is 8.01. The van der Waals surface area contributed by atoms with E-state index in [1.165, 1.54) is 24.6 Å². The van der Waals surface area contributed by atoms with E-state index in [0.29, 0.717) is 11.1 Å². The van der Waals surface area contributed by atoms with Crippen molar-refractivity contribution in [3.05, 3.63) is 40.7 Å². The number of aryl methyl sites for hydroxylation is 2. The highest BCUT2D eigenvalue weighted by atomic mass is 35.5. The predicted octanol–water partition coefficient (Wildman–Crippen LogP) is 5.18.